The maximum atomic E-state index is 14.6. The first-order valence-corrected chi connectivity index (χ1v) is 9.44. The minimum atomic E-state index is -0.841. The summed E-state index contributed by atoms with van der Waals surface area (Å²) in [5, 5.41) is 0. The van der Waals surface area contributed by atoms with Crippen molar-refractivity contribution in [1.82, 2.24) is 9.97 Å². The molecule has 0 spiro atoms. The van der Waals surface area contributed by atoms with Crippen molar-refractivity contribution in [3.63, 3.8) is 0 Å². The molecule has 2 N–H and O–H groups in total. The summed E-state index contributed by atoms with van der Waals surface area (Å²) in [6, 6.07) is 4.11. The number of benzene rings is 1. The summed E-state index contributed by atoms with van der Waals surface area (Å²) in [5.41, 5.74) is 6.46. The van der Waals surface area contributed by atoms with Gasteiger partial charge in [-0.05, 0) is 58.6 Å². The van der Waals surface area contributed by atoms with Gasteiger partial charge in [-0.2, -0.15) is 0 Å². The highest BCUT2D eigenvalue weighted by Crippen LogP contribution is 2.35. The molecule has 0 saturated heterocycles. The van der Waals surface area contributed by atoms with Crippen LogP contribution in [-0.2, 0) is 4.74 Å². The Kier molecular flexibility index (Phi) is 5.63. The molecule has 0 radical (unpaired) electrons. The minimum absolute atomic E-state index is 0.0264. The third-order valence-electron chi connectivity index (χ3n) is 4.71. The SMILES string of the molecule is CC(C)(C)OC(=O)c1ccc(-c2nc(C3CCCC(F)C3)cnc2N)cc1F. The number of rotatable bonds is 3. The van der Waals surface area contributed by atoms with Gasteiger partial charge in [0.25, 0.3) is 0 Å². The number of carbonyl (C=O) groups excluding carboxylic acids is 1. The average Bonchev–Trinajstić information content (AvgIpc) is 2.60. The number of anilines is 1. The lowest BCUT2D eigenvalue weighted by Gasteiger charge is -2.24. The summed E-state index contributed by atoms with van der Waals surface area (Å²) in [6.07, 6.45) is 3.34. The Bertz CT molecular complexity index is 880. The van der Waals surface area contributed by atoms with Gasteiger partial charge in [0.1, 0.15) is 29.1 Å². The summed E-state index contributed by atoms with van der Waals surface area (Å²) < 4.78 is 33.5. The molecule has 150 valence electrons. The van der Waals surface area contributed by atoms with Crippen LogP contribution < -0.4 is 5.73 Å². The molecule has 1 aliphatic rings. The number of hydrogen-bond acceptors (Lipinski definition) is 5. The van der Waals surface area contributed by atoms with Gasteiger partial charge in [0.05, 0.1) is 17.5 Å². The van der Waals surface area contributed by atoms with Gasteiger partial charge in [0, 0.05) is 11.5 Å². The monoisotopic (exact) mass is 389 g/mol. The Morgan fingerprint density at radius 3 is 2.68 bits per heavy atom. The smallest absolute Gasteiger partial charge is 0.341 e. The molecule has 2 atom stereocenters. The first-order chi connectivity index (χ1) is 13.1. The van der Waals surface area contributed by atoms with Crippen LogP contribution in [0.1, 0.15) is 68.4 Å². The second-order valence-electron chi connectivity index (χ2n) is 8.19. The highest BCUT2D eigenvalue weighted by atomic mass is 19.1. The molecule has 1 heterocycles. The third-order valence-corrected chi connectivity index (χ3v) is 4.71. The maximum Gasteiger partial charge on any atom is 0.341 e. The fraction of sp³-hybridized carbons (Fsp3) is 0.476. The van der Waals surface area contributed by atoms with E-state index in [4.69, 9.17) is 10.5 Å². The van der Waals surface area contributed by atoms with Crippen LogP contribution >= 0.6 is 0 Å². The summed E-state index contributed by atoms with van der Waals surface area (Å²) in [5.74, 6) is -1.33. The molecule has 7 heteroatoms. The molecule has 1 saturated carbocycles. The number of halogens is 2. The predicted molar refractivity (Wildman–Crippen MR) is 103 cm³/mol. The first kappa shape index (κ1) is 20.2. The summed E-state index contributed by atoms with van der Waals surface area (Å²) >= 11 is 0. The van der Waals surface area contributed by atoms with E-state index >= 15 is 0 Å². The Hall–Kier alpha value is -2.57. The highest BCUT2D eigenvalue weighted by Gasteiger charge is 2.25. The van der Waals surface area contributed by atoms with E-state index in [1.165, 1.54) is 12.1 Å². The fourth-order valence-electron chi connectivity index (χ4n) is 3.38. The molecule has 2 unspecified atom stereocenters. The van der Waals surface area contributed by atoms with Crippen LogP contribution in [0.4, 0.5) is 14.6 Å². The topological polar surface area (TPSA) is 78.1 Å². The second-order valence-corrected chi connectivity index (χ2v) is 8.19. The van der Waals surface area contributed by atoms with Gasteiger partial charge >= 0.3 is 5.97 Å². The van der Waals surface area contributed by atoms with Gasteiger partial charge < -0.3 is 10.5 Å². The van der Waals surface area contributed by atoms with Gasteiger partial charge in [0.2, 0.25) is 0 Å². The molecule has 2 aromatic rings. The van der Waals surface area contributed by atoms with Crippen molar-refractivity contribution in [3.05, 3.63) is 41.5 Å². The second kappa shape index (κ2) is 7.81. The van der Waals surface area contributed by atoms with Crippen molar-refractivity contribution in [3.8, 4) is 11.3 Å². The van der Waals surface area contributed by atoms with E-state index in [-0.39, 0.29) is 17.3 Å². The number of carbonyl (C=O) groups is 1. The van der Waals surface area contributed by atoms with Gasteiger partial charge in [-0.25, -0.2) is 23.5 Å². The molecule has 3 rings (SSSR count). The number of alkyl halides is 1. The van der Waals surface area contributed by atoms with Crippen LogP contribution in [0.15, 0.2) is 24.4 Å². The van der Waals surface area contributed by atoms with Crippen LogP contribution in [-0.4, -0.2) is 27.7 Å². The molecule has 5 nitrogen and oxygen atoms in total. The molecule has 1 aromatic heterocycles. The zero-order chi connectivity index (χ0) is 20.5. The van der Waals surface area contributed by atoms with E-state index in [2.05, 4.69) is 9.97 Å². The van der Waals surface area contributed by atoms with Crippen LogP contribution in [0.3, 0.4) is 0 Å². The normalized spacial score (nSPS) is 20.0. The maximum absolute atomic E-state index is 14.6. The molecular formula is C21H25F2N3O2. The standard InChI is InChI=1S/C21H25F2N3O2/c1-21(2,3)28-20(27)15-8-7-13(10-16(15)23)18-19(24)25-11-17(26-18)12-5-4-6-14(22)9-12/h7-8,10-12,14H,4-6,9H2,1-3H3,(H2,24,25). The van der Waals surface area contributed by atoms with Gasteiger partial charge in [0.15, 0.2) is 0 Å². The highest BCUT2D eigenvalue weighted by molar-refractivity contribution is 5.90. The lowest BCUT2D eigenvalue weighted by atomic mass is 9.86. The fourth-order valence-corrected chi connectivity index (χ4v) is 3.38. The van der Waals surface area contributed by atoms with Gasteiger partial charge in [-0.15, -0.1) is 0 Å². The summed E-state index contributed by atoms with van der Waals surface area (Å²) in [7, 11) is 0. The quantitative estimate of drug-likeness (QED) is 0.762. The summed E-state index contributed by atoms with van der Waals surface area (Å²) in [4.78, 5) is 20.8. The molecule has 0 amide bonds. The van der Waals surface area contributed by atoms with Gasteiger partial charge in [-0.3, -0.25) is 0 Å². The number of nitrogens with two attached hydrogens (primary N) is 1. The molecule has 1 aromatic carbocycles. The van der Waals surface area contributed by atoms with E-state index in [9.17, 15) is 13.6 Å². The van der Waals surface area contributed by atoms with Crippen LogP contribution in [0.2, 0.25) is 0 Å². The van der Waals surface area contributed by atoms with Crippen LogP contribution in [0.5, 0.6) is 0 Å². The lowest BCUT2D eigenvalue weighted by molar-refractivity contribution is 0.00647. The Balaban J connectivity index is 1.90. The Labute approximate surface area is 163 Å². The Morgan fingerprint density at radius 1 is 1.29 bits per heavy atom. The van der Waals surface area contributed by atoms with Crippen molar-refractivity contribution in [2.75, 3.05) is 5.73 Å². The predicted octanol–water partition coefficient (Wildman–Crippen LogP) is 4.82. The van der Waals surface area contributed by atoms with E-state index in [1.54, 1.807) is 33.0 Å². The largest absolute Gasteiger partial charge is 0.456 e. The zero-order valence-electron chi connectivity index (χ0n) is 16.3. The number of nitrogens with zero attached hydrogens (tertiary/aromatic N) is 2. The number of esters is 1. The molecule has 0 aliphatic heterocycles. The molecule has 0 bridgehead atoms. The Morgan fingerprint density at radius 2 is 2.04 bits per heavy atom. The van der Waals surface area contributed by atoms with Crippen molar-refractivity contribution >= 4 is 11.8 Å². The van der Waals surface area contributed by atoms with Crippen LogP contribution in [0, 0.1) is 5.82 Å². The number of hydrogen-bond donors (Lipinski definition) is 1. The molecule has 1 aliphatic carbocycles. The van der Waals surface area contributed by atoms with E-state index in [0.717, 1.165) is 12.8 Å². The van der Waals surface area contributed by atoms with Crippen molar-refractivity contribution < 1.29 is 18.3 Å². The van der Waals surface area contributed by atoms with Gasteiger partial charge in [-0.1, -0.05) is 6.07 Å². The zero-order valence-corrected chi connectivity index (χ0v) is 16.3. The van der Waals surface area contributed by atoms with Crippen LogP contribution in [0.25, 0.3) is 11.3 Å². The molecular weight excluding hydrogens is 364 g/mol. The average molecular weight is 389 g/mol. The van der Waals surface area contributed by atoms with E-state index in [0.29, 0.717) is 29.8 Å². The van der Waals surface area contributed by atoms with Crippen molar-refractivity contribution in [2.24, 2.45) is 0 Å². The first-order valence-electron chi connectivity index (χ1n) is 9.44. The number of ether oxygens (including phenoxy) is 1. The number of nitrogen functional groups attached to an aromatic ring is 1. The number of aromatic nitrogens is 2. The summed E-state index contributed by atoms with van der Waals surface area (Å²) in [6.45, 7) is 5.14. The van der Waals surface area contributed by atoms with E-state index < -0.39 is 23.6 Å². The molecule has 28 heavy (non-hydrogen) atoms. The lowest BCUT2D eigenvalue weighted by Crippen LogP contribution is -2.24. The van der Waals surface area contributed by atoms with Crippen molar-refractivity contribution in [2.45, 2.75) is 64.1 Å². The van der Waals surface area contributed by atoms with Crippen molar-refractivity contribution in [1.29, 1.82) is 0 Å². The molecule has 1 fully saturated rings. The van der Waals surface area contributed by atoms with E-state index in [1.807, 2.05) is 0 Å². The third kappa shape index (κ3) is 4.64. The minimum Gasteiger partial charge on any atom is -0.456 e.